The van der Waals surface area contributed by atoms with Crippen LogP contribution in [0.15, 0.2) is 39.9 Å². The zero-order valence-electron chi connectivity index (χ0n) is 15.6. The van der Waals surface area contributed by atoms with Gasteiger partial charge in [0.2, 0.25) is 0 Å². The average molecular weight is 475 g/mol. The first-order valence-corrected chi connectivity index (χ1v) is 10.0. The van der Waals surface area contributed by atoms with E-state index in [-0.39, 0.29) is 26.2 Å². The van der Waals surface area contributed by atoms with E-state index in [0.717, 1.165) is 6.42 Å². The maximum atomic E-state index is 3.75. The number of unbranched alkanes of at least 4 members (excludes halogenated alkanes) is 1. The van der Waals surface area contributed by atoms with Crippen LogP contribution in [-0.4, -0.2) is 0 Å². The number of halogens is 1. The fraction of sp³-hybridized carbons (Fsp3) is 0.435. The molecular weight excluding hydrogens is 447 g/mol. The van der Waals surface area contributed by atoms with E-state index in [1.54, 1.807) is 11.1 Å². The third-order valence-electron chi connectivity index (χ3n) is 5.02. The molecule has 0 nitrogen and oxygen atoms in total. The Balaban J connectivity index is 0.000000184. The van der Waals surface area contributed by atoms with Gasteiger partial charge >= 0.3 is 26.2 Å². The molecule has 0 atom stereocenters. The molecular formula is C23H27BrZr. The molecule has 25 heavy (non-hydrogen) atoms. The van der Waals surface area contributed by atoms with Crippen LogP contribution in [0.1, 0.15) is 62.6 Å². The Kier molecular flexibility index (Phi) is 8.02. The van der Waals surface area contributed by atoms with Crippen LogP contribution in [0, 0.1) is 13.0 Å². The Labute approximate surface area is 180 Å². The summed E-state index contributed by atoms with van der Waals surface area (Å²) in [7, 11) is 0. The molecule has 2 aromatic carbocycles. The van der Waals surface area contributed by atoms with E-state index in [1.807, 2.05) is 0 Å². The van der Waals surface area contributed by atoms with Gasteiger partial charge in [-0.15, -0.1) is 28.5 Å². The fourth-order valence-corrected chi connectivity index (χ4v) is 4.52. The van der Waals surface area contributed by atoms with E-state index < -0.39 is 0 Å². The number of fused-ring (bicyclic) bond motifs is 2. The number of benzene rings is 1. The van der Waals surface area contributed by atoms with Gasteiger partial charge in [0.15, 0.2) is 0 Å². The summed E-state index contributed by atoms with van der Waals surface area (Å²) in [5.74, 6) is 0. The van der Waals surface area contributed by atoms with Crippen molar-refractivity contribution >= 4 is 26.7 Å². The molecule has 0 saturated carbocycles. The second-order valence-electron chi connectivity index (χ2n) is 7.14. The number of rotatable bonds is 3. The molecule has 0 heterocycles. The van der Waals surface area contributed by atoms with E-state index >= 15 is 0 Å². The van der Waals surface area contributed by atoms with Gasteiger partial charge in [0.05, 0.1) is 0 Å². The number of aryl methyl sites for hydroxylation is 2. The Hall–Kier alpha value is -0.327. The van der Waals surface area contributed by atoms with Gasteiger partial charge < -0.3 is 0 Å². The van der Waals surface area contributed by atoms with E-state index in [0.29, 0.717) is 0 Å². The van der Waals surface area contributed by atoms with Crippen molar-refractivity contribution in [3.05, 3.63) is 62.7 Å². The van der Waals surface area contributed by atoms with E-state index in [1.165, 1.54) is 70.5 Å². The molecule has 0 unspecified atom stereocenters. The molecule has 0 saturated heterocycles. The van der Waals surface area contributed by atoms with Gasteiger partial charge in [0.25, 0.3) is 0 Å². The van der Waals surface area contributed by atoms with Gasteiger partial charge in [0, 0.05) is 0 Å². The first-order chi connectivity index (χ1) is 11.6. The topological polar surface area (TPSA) is 0 Å². The molecule has 0 fully saturated rings. The summed E-state index contributed by atoms with van der Waals surface area (Å²) in [5, 5.41) is 2.79. The van der Waals surface area contributed by atoms with Crippen LogP contribution < -0.4 is 0 Å². The average Bonchev–Trinajstić information content (AvgIpc) is 3.26. The molecule has 2 aliphatic rings. The van der Waals surface area contributed by atoms with Crippen LogP contribution in [0.2, 0.25) is 0 Å². The second-order valence-corrected chi connectivity index (χ2v) is 7.93. The minimum absolute atomic E-state index is 0. The number of allylic oxidation sites excluding steroid dienone is 4. The smallest absolute Gasteiger partial charge is 0.250 e. The zero-order chi connectivity index (χ0) is 17.1. The van der Waals surface area contributed by atoms with E-state index in [4.69, 9.17) is 0 Å². The van der Waals surface area contributed by atoms with Crippen LogP contribution in [-0.2, 0) is 39.0 Å². The Bertz CT molecular complexity index is 792. The van der Waals surface area contributed by atoms with Crippen LogP contribution in [0.5, 0.6) is 0 Å². The molecule has 0 radical (unpaired) electrons. The van der Waals surface area contributed by atoms with Gasteiger partial charge in [-0.2, -0.15) is 11.6 Å². The summed E-state index contributed by atoms with van der Waals surface area (Å²) in [6.45, 7) is 6.52. The summed E-state index contributed by atoms with van der Waals surface area (Å²) in [5.41, 5.74) is 7.29. The first kappa shape index (κ1) is 21.0. The molecule has 0 aliphatic heterocycles. The van der Waals surface area contributed by atoms with Crippen molar-refractivity contribution in [2.75, 3.05) is 0 Å². The molecule has 2 heteroatoms. The van der Waals surface area contributed by atoms with Crippen molar-refractivity contribution in [1.29, 1.82) is 0 Å². The van der Waals surface area contributed by atoms with Crippen molar-refractivity contribution in [3.8, 4) is 0 Å². The maximum absolute atomic E-state index is 3.75. The van der Waals surface area contributed by atoms with Crippen LogP contribution in [0.3, 0.4) is 0 Å². The maximum Gasteiger partial charge on any atom is 2.00 e. The summed E-state index contributed by atoms with van der Waals surface area (Å²) >= 11 is 3.75. The summed E-state index contributed by atoms with van der Waals surface area (Å²) in [6, 6.07) is 6.92. The van der Waals surface area contributed by atoms with Crippen molar-refractivity contribution in [1.82, 2.24) is 0 Å². The molecule has 130 valence electrons. The van der Waals surface area contributed by atoms with Gasteiger partial charge in [-0.3, -0.25) is 0 Å². The van der Waals surface area contributed by atoms with Crippen LogP contribution in [0.4, 0.5) is 0 Å². The van der Waals surface area contributed by atoms with Crippen molar-refractivity contribution < 1.29 is 26.2 Å². The van der Waals surface area contributed by atoms with Gasteiger partial charge in [-0.1, -0.05) is 67.9 Å². The SMILES string of the molecule is CCCCC1=[C-]C(C)=CC1.Cc1cc2c(Br)c3c(cc2[cH-]1)CCC3.[Zr+2]. The standard InChI is InChI=1S/C13H12Br.C10H15.Zr/c1-8-5-10-7-9-3-2-4-11(9)13(14)12(10)6-8;1-3-4-5-10-7-6-9(2)8-10;/h5-7H,2-4H2,1H3;6H,3-5,7H2,1-2H3;/q2*-1;+2. The molecule has 0 amide bonds. The molecule has 0 aromatic heterocycles. The van der Waals surface area contributed by atoms with E-state index in [9.17, 15) is 0 Å². The monoisotopic (exact) mass is 472 g/mol. The first-order valence-electron chi connectivity index (χ1n) is 9.24. The van der Waals surface area contributed by atoms with Crippen LogP contribution in [0.25, 0.3) is 10.8 Å². The minimum Gasteiger partial charge on any atom is -0.250 e. The Morgan fingerprint density at radius 2 is 2.00 bits per heavy atom. The predicted molar refractivity (Wildman–Crippen MR) is 109 cm³/mol. The molecule has 2 aliphatic carbocycles. The third-order valence-corrected chi connectivity index (χ3v) is 5.92. The van der Waals surface area contributed by atoms with Gasteiger partial charge in [-0.05, 0) is 29.3 Å². The summed E-state index contributed by atoms with van der Waals surface area (Å²) < 4.78 is 1.34. The van der Waals surface area contributed by atoms with Crippen molar-refractivity contribution in [2.24, 2.45) is 0 Å². The third kappa shape index (κ3) is 5.10. The summed E-state index contributed by atoms with van der Waals surface area (Å²) in [4.78, 5) is 0. The fourth-order valence-electron chi connectivity index (χ4n) is 3.72. The van der Waals surface area contributed by atoms with Crippen molar-refractivity contribution in [2.45, 2.75) is 65.7 Å². The molecule has 2 aromatic rings. The minimum atomic E-state index is 0. The molecule has 0 bridgehead atoms. The molecule has 4 rings (SSSR count). The zero-order valence-corrected chi connectivity index (χ0v) is 19.7. The Morgan fingerprint density at radius 1 is 1.20 bits per heavy atom. The quantitative estimate of drug-likeness (QED) is 0.407. The Morgan fingerprint density at radius 3 is 2.68 bits per heavy atom. The number of hydrogen-bond donors (Lipinski definition) is 0. The predicted octanol–water partition coefficient (Wildman–Crippen LogP) is 7.37. The molecule has 0 N–H and O–H groups in total. The van der Waals surface area contributed by atoms with E-state index in [2.05, 4.69) is 67.1 Å². The van der Waals surface area contributed by atoms with Gasteiger partial charge in [0.1, 0.15) is 0 Å². The molecule has 0 spiro atoms. The summed E-state index contributed by atoms with van der Waals surface area (Å²) in [6.07, 6.45) is 14.5. The number of hydrogen-bond acceptors (Lipinski definition) is 0. The van der Waals surface area contributed by atoms with Crippen LogP contribution >= 0.6 is 15.9 Å². The largest absolute Gasteiger partial charge is 2.00 e. The van der Waals surface area contributed by atoms with Gasteiger partial charge in [-0.25, -0.2) is 17.7 Å². The normalized spacial score (nSPS) is 15.2. The second kappa shape index (κ2) is 9.56. The van der Waals surface area contributed by atoms with Crippen molar-refractivity contribution in [3.63, 3.8) is 0 Å².